The van der Waals surface area contributed by atoms with Gasteiger partial charge in [-0.3, -0.25) is 4.79 Å². The van der Waals surface area contributed by atoms with E-state index >= 15 is 0 Å². The topological polar surface area (TPSA) is 75.7 Å². The maximum absolute atomic E-state index is 12.4. The molecule has 128 valence electrons. The maximum Gasteiger partial charge on any atom is 0.222 e. The zero-order valence-corrected chi connectivity index (χ0v) is 14.6. The van der Waals surface area contributed by atoms with Crippen molar-refractivity contribution in [3.8, 4) is 5.75 Å². The first kappa shape index (κ1) is 17.7. The average molecular weight is 340 g/mol. The second kappa shape index (κ2) is 7.31. The predicted molar refractivity (Wildman–Crippen MR) is 88.7 cm³/mol. The summed E-state index contributed by atoms with van der Waals surface area (Å²) in [5.41, 5.74) is 2.13. The fourth-order valence-corrected chi connectivity index (χ4v) is 3.83. The van der Waals surface area contributed by atoms with E-state index in [2.05, 4.69) is 5.32 Å². The van der Waals surface area contributed by atoms with Crippen LogP contribution in [-0.2, 0) is 27.8 Å². The van der Waals surface area contributed by atoms with Gasteiger partial charge in [0.1, 0.15) is 5.75 Å². The monoisotopic (exact) mass is 340 g/mol. The molecule has 1 aliphatic rings. The van der Waals surface area contributed by atoms with Crippen molar-refractivity contribution in [2.45, 2.75) is 26.8 Å². The maximum atomic E-state index is 12.4. The SMILES string of the molecule is COc1ccc2c(c1)CCN(S(=O)(=O)CCNC(=O)C(C)C)C2. The third kappa shape index (κ3) is 4.45. The molecule has 23 heavy (non-hydrogen) atoms. The van der Waals surface area contributed by atoms with Crippen LogP contribution in [-0.4, -0.2) is 44.6 Å². The molecular formula is C16H24N2O4S. The molecule has 0 bridgehead atoms. The molecule has 2 rings (SSSR count). The van der Waals surface area contributed by atoms with Gasteiger partial charge in [0.2, 0.25) is 15.9 Å². The Balaban J connectivity index is 1.97. The van der Waals surface area contributed by atoms with Crippen molar-refractivity contribution >= 4 is 15.9 Å². The number of ether oxygens (including phenoxy) is 1. The Morgan fingerprint density at radius 3 is 2.74 bits per heavy atom. The highest BCUT2D eigenvalue weighted by Crippen LogP contribution is 2.25. The summed E-state index contributed by atoms with van der Waals surface area (Å²) in [6.07, 6.45) is 0.671. The Morgan fingerprint density at radius 2 is 2.09 bits per heavy atom. The van der Waals surface area contributed by atoms with Crippen LogP contribution in [0.3, 0.4) is 0 Å². The van der Waals surface area contributed by atoms with Crippen LogP contribution in [0.2, 0.25) is 0 Å². The van der Waals surface area contributed by atoms with E-state index < -0.39 is 10.0 Å². The lowest BCUT2D eigenvalue weighted by molar-refractivity contribution is -0.123. The molecule has 0 saturated carbocycles. The average Bonchev–Trinajstić information content (AvgIpc) is 2.53. The zero-order chi connectivity index (χ0) is 17.0. The number of benzene rings is 1. The minimum absolute atomic E-state index is 0.0725. The van der Waals surface area contributed by atoms with E-state index in [0.29, 0.717) is 19.5 Å². The molecule has 0 aromatic heterocycles. The molecule has 1 N–H and O–H groups in total. The molecule has 0 aliphatic carbocycles. The van der Waals surface area contributed by atoms with Crippen molar-refractivity contribution in [2.75, 3.05) is 26.0 Å². The van der Waals surface area contributed by atoms with Crippen molar-refractivity contribution in [3.05, 3.63) is 29.3 Å². The molecule has 1 amide bonds. The van der Waals surface area contributed by atoms with Crippen LogP contribution in [0.4, 0.5) is 0 Å². The second-order valence-electron chi connectivity index (χ2n) is 5.98. The van der Waals surface area contributed by atoms with E-state index in [4.69, 9.17) is 4.74 Å². The summed E-state index contributed by atoms with van der Waals surface area (Å²) in [7, 11) is -1.76. The van der Waals surface area contributed by atoms with E-state index in [1.165, 1.54) is 4.31 Å². The Kier molecular flexibility index (Phi) is 5.64. The number of carbonyl (C=O) groups is 1. The Bertz CT molecular complexity index is 671. The first-order valence-electron chi connectivity index (χ1n) is 7.75. The van der Waals surface area contributed by atoms with E-state index in [0.717, 1.165) is 16.9 Å². The number of nitrogens with one attached hydrogen (secondary N) is 1. The second-order valence-corrected chi connectivity index (χ2v) is 8.07. The highest BCUT2D eigenvalue weighted by Gasteiger charge is 2.26. The van der Waals surface area contributed by atoms with E-state index in [9.17, 15) is 13.2 Å². The molecule has 1 aromatic carbocycles. The first-order chi connectivity index (χ1) is 10.8. The largest absolute Gasteiger partial charge is 0.497 e. The van der Waals surface area contributed by atoms with Crippen LogP contribution in [0, 0.1) is 5.92 Å². The van der Waals surface area contributed by atoms with E-state index in [-0.39, 0.29) is 24.1 Å². The zero-order valence-electron chi connectivity index (χ0n) is 13.8. The van der Waals surface area contributed by atoms with Gasteiger partial charge in [-0.1, -0.05) is 19.9 Å². The van der Waals surface area contributed by atoms with Crippen LogP contribution in [0.25, 0.3) is 0 Å². The van der Waals surface area contributed by atoms with Crippen LogP contribution in [0.15, 0.2) is 18.2 Å². The number of methoxy groups -OCH3 is 1. The van der Waals surface area contributed by atoms with Gasteiger partial charge in [-0.25, -0.2) is 8.42 Å². The molecular weight excluding hydrogens is 316 g/mol. The molecule has 0 spiro atoms. The third-order valence-corrected chi connectivity index (χ3v) is 5.79. The van der Waals surface area contributed by atoms with Crippen molar-refractivity contribution in [1.82, 2.24) is 9.62 Å². The number of hydrogen-bond donors (Lipinski definition) is 1. The van der Waals surface area contributed by atoms with Gasteiger partial charge in [-0.05, 0) is 29.7 Å². The molecule has 0 unspecified atom stereocenters. The van der Waals surface area contributed by atoms with Gasteiger partial charge in [0.15, 0.2) is 0 Å². The minimum Gasteiger partial charge on any atom is -0.497 e. The van der Waals surface area contributed by atoms with Gasteiger partial charge in [0, 0.05) is 25.6 Å². The standard InChI is InChI=1S/C16H24N2O4S/c1-12(2)16(19)17-7-9-23(20,21)18-8-6-13-10-15(22-3)5-4-14(13)11-18/h4-5,10,12H,6-9,11H2,1-3H3,(H,17,19). The number of rotatable bonds is 6. The van der Waals surface area contributed by atoms with E-state index in [1.807, 2.05) is 18.2 Å². The van der Waals surface area contributed by atoms with Crippen LogP contribution >= 0.6 is 0 Å². The van der Waals surface area contributed by atoms with Crippen molar-refractivity contribution < 1.29 is 17.9 Å². The predicted octanol–water partition coefficient (Wildman–Crippen LogP) is 1.16. The van der Waals surface area contributed by atoms with Gasteiger partial charge in [-0.2, -0.15) is 4.31 Å². The Hall–Kier alpha value is -1.60. The lowest BCUT2D eigenvalue weighted by Crippen LogP contribution is -2.41. The number of fused-ring (bicyclic) bond motifs is 1. The van der Waals surface area contributed by atoms with Crippen molar-refractivity contribution in [2.24, 2.45) is 5.92 Å². The van der Waals surface area contributed by atoms with Crippen LogP contribution in [0.5, 0.6) is 5.75 Å². The highest BCUT2D eigenvalue weighted by molar-refractivity contribution is 7.89. The Morgan fingerprint density at radius 1 is 1.35 bits per heavy atom. The quantitative estimate of drug-likeness (QED) is 0.843. The van der Waals surface area contributed by atoms with Gasteiger partial charge in [0.05, 0.1) is 12.9 Å². The summed E-state index contributed by atoms with van der Waals surface area (Å²) >= 11 is 0. The molecule has 0 radical (unpaired) electrons. The van der Waals surface area contributed by atoms with Gasteiger partial charge in [0.25, 0.3) is 0 Å². The summed E-state index contributed by atoms with van der Waals surface area (Å²) in [4.78, 5) is 11.5. The van der Waals surface area contributed by atoms with Gasteiger partial charge in [-0.15, -0.1) is 0 Å². The Labute approximate surface area is 137 Å². The molecule has 1 aromatic rings. The summed E-state index contributed by atoms with van der Waals surface area (Å²) in [6, 6.07) is 5.72. The minimum atomic E-state index is -3.38. The highest BCUT2D eigenvalue weighted by atomic mass is 32.2. The van der Waals surface area contributed by atoms with Crippen LogP contribution < -0.4 is 10.1 Å². The number of carbonyl (C=O) groups excluding carboxylic acids is 1. The molecule has 1 aliphatic heterocycles. The molecule has 6 nitrogen and oxygen atoms in total. The van der Waals surface area contributed by atoms with Gasteiger partial charge < -0.3 is 10.1 Å². The normalized spacial score (nSPS) is 15.3. The van der Waals surface area contributed by atoms with Crippen molar-refractivity contribution in [1.29, 1.82) is 0 Å². The summed E-state index contributed by atoms with van der Waals surface area (Å²) < 4.78 is 31.5. The summed E-state index contributed by atoms with van der Waals surface area (Å²) in [6.45, 7) is 4.53. The lowest BCUT2D eigenvalue weighted by atomic mass is 10.0. The summed E-state index contributed by atoms with van der Waals surface area (Å²) in [5.74, 6) is 0.444. The fraction of sp³-hybridized carbons (Fsp3) is 0.562. The van der Waals surface area contributed by atoms with E-state index in [1.54, 1.807) is 21.0 Å². The number of nitrogens with zero attached hydrogens (tertiary/aromatic N) is 1. The molecule has 7 heteroatoms. The number of hydrogen-bond acceptors (Lipinski definition) is 4. The fourth-order valence-electron chi connectivity index (χ4n) is 2.50. The van der Waals surface area contributed by atoms with Crippen molar-refractivity contribution in [3.63, 3.8) is 0 Å². The van der Waals surface area contributed by atoms with Gasteiger partial charge >= 0.3 is 0 Å². The van der Waals surface area contributed by atoms with Crippen LogP contribution in [0.1, 0.15) is 25.0 Å². The molecule has 0 atom stereocenters. The first-order valence-corrected chi connectivity index (χ1v) is 9.35. The smallest absolute Gasteiger partial charge is 0.222 e. The molecule has 0 saturated heterocycles. The molecule has 1 heterocycles. The lowest BCUT2D eigenvalue weighted by Gasteiger charge is -2.28. The number of amides is 1. The summed E-state index contributed by atoms with van der Waals surface area (Å²) in [5, 5.41) is 2.65. The number of sulfonamides is 1. The third-order valence-electron chi connectivity index (χ3n) is 3.97. The molecule has 0 fully saturated rings.